The maximum atomic E-state index is 11.6. The summed E-state index contributed by atoms with van der Waals surface area (Å²) in [6.45, 7) is 0.707. The Kier molecular flexibility index (Phi) is 4.01. The second kappa shape index (κ2) is 6.31. The van der Waals surface area contributed by atoms with Crippen molar-refractivity contribution in [3.63, 3.8) is 0 Å². The Balaban J connectivity index is 1.45. The van der Waals surface area contributed by atoms with Crippen molar-refractivity contribution in [2.45, 2.75) is 12.8 Å². The molecule has 0 radical (unpaired) electrons. The third-order valence-corrected chi connectivity index (χ3v) is 5.25. The molecule has 0 spiro atoms. The lowest BCUT2D eigenvalue weighted by Gasteiger charge is -2.30. The van der Waals surface area contributed by atoms with Crippen LogP contribution in [0.25, 0.3) is 0 Å². The quantitative estimate of drug-likeness (QED) is 0.806. The first-order valence-electron chi connectivity index (χ1n) is 7.25. The summed E-state index contributed by atoms with van der Waals surface area (Å²) in [7, 11) is 0. The highest BCUT2D eigenvalue weighted by Crippen LogP contribution is 2.32. The van der Waals surface area contributed by atoms with Gasteiger partial charge in [0.05, 0.1) is 4.91 Å². The smallest absolute Gasteiger partial charge is 0.290 e. The van der Waals surface area contributed by atoms with E-state index in [0.29, 0.717) is 17.2 Å². The Hall–Kier alpha value is -2.29. The zero-order valence-corrected chi connectivity index (χ0v) is 14.0. The van der Waals surface area contributed by atoms with Gasteiger partial charge >= 0.3 is 0 Å². The van der Waals surface area contributed by atoms with E-state index >= 15 is 0 Å². The van der Waals surface area contributed by atoms with Gasteiger partial charge in [-0.1, -0.05) is 12.1 Å². The number of fused-ring (bicyclic) bond motifs is 1. The van der Waals surface area contributed by atoms with Gasteiger partial charge in [0.25, 0.3) is 11.1 Å². The number of ether oxygens (including phenoxy) is 1. The number of nitrogens with zero attached hydrogens (tertiary/aromatic N) is 1. The van der Waals surface area contributed by atoms with Crippen molar-refractivity contribution in [2.75, 3.05) is 0 Å². The van der Waals surface area contributed by atoms with E-state index in [2.05, 4.69) is 16.8 Å². The summed E-state index contributed by atoms with van der Waals surface area (Å²) in [6, 6.07) is 4.08. The van der Waals surface area contributed by atoms with Gasteiger partial charge in [-0.2, -0.15) is 0 Å². The molecular formula is C16H13N3O3S2. The molecule has 1 fully saturated rings. The molecule has 0 bridgehead atoms. The SMILES string of the molecule is O=C1NC(=O)/C(=C/C2=CC3=CC=CN(NCc4cccs4)C3O2)S1. The molecule has 8 heteroatoms. The number of hydrogen-bond donors (Lipinski definition) is 2. The highest BCUT2D eigenvalue weighted by Gasteiger charge is 2.31. The van der Waals surface area contributed by atoms with Crippen molar-refractivity contribution in [1.29, 1.82) is 0 Å². The van der Waals surface area contributed by atoms with Crippen molar-refractivity contribution in [1.82, 2.24) is 15.8 Å². The van der Waals surface area contributed by atoms with Gasteiger partial charge in [0.1, 0.15) is 5.76 Å². The minimum atomic E-state index is -0.385. The fraction of sp³-hybridized carbons (Fsp3) is 0.125. The predicted molar refractivity (Wildman–Crippen MR) is 92.4 cm³/mol. The van der Waals surface area contributed by atoms with Crippen LogP contribution in [0.15, 0.2) is 64.3 Å². The second-order valence-corrected chi connectivity index (χ2v) is 7.25. The van der Waals surface area contributed by atoms with E-state index in [4.69, 9.17) is 4.74 Å². The number of thioether (sulfide) groups is 1. The third-order valence-electron chi connectivity index (χ3n) is 3.56. The topological polar surface area (TPSA) is 70.7 Å². The summed E-state index contributed by atoms with van der Waals surface area (Å²) in [5.74, 6) is 0.175. The fourth-order valence-corrected chi connectivity index (χ4v) is 3.78. The molecule has 3 aliphatic rings. The first-order chi connectivity index (χ1) is 11.7. The van der Waals surface area contributed by atoms with Crippen LogP contribution in [0.3, 0.4) is 0 Å². The van der Waals surface area contributed by atoms with E-state index in [-0.39, 0.29) is 17.4 Å². The number of hydrogen-bond acceptors (Lipinski definition) is 7. The Labute approximate surface area is 146 Å². The zero-order valence-electron chi connectivity index (χ0n) is 12.4. The number of allylic oxidation sites excluding steroid dienone is 3. The van der Waals surface area contributed by atoms with Crippen molar-refractivity contribution < 1.29 is 14.3 Å². The molecule has 1 atom stereocenters. The molecule has 1 aromatic heterocycles. The van der Waals surface area contributed by atoms with Gasteiger partial charge in [-0.15, -0.1) is 11.3 Å². The molecule has 2 amide bonds. The van der Waals surface area contributed by atoms with E-state index < -0.39 is 0 Å². The van der Waals surface area contributed by atoms with Crippen LogP contribution in [0, 0.1) is 0 Å². The molecule has 1 unspecified atom stereocenters. The molecule has 1 saturated heterocycles. The minimum absolute atomic E-state index is 0.285. The van der Waals surface area contributed by atoms with E-state index in [1.54, 1.807) is 17.4 Å². The molecule has 4 heterocycles. The molecule has 0 aliphatic carbocycles. The molecule has 4 rings (SSSR count). The van der Waals surface area contributed by atoms with Gasteiger partial charge in [0.15, 0.2) is 0 Å². The predicted octanol–water partition coefficient (Wildman–Crippen LogP) is 2.62. The highest BCUT2D eigenvalue weighted by molar-refractivity contribution is 8.18. The zero-order chi connectivity index (χ0) is 16.5. The largest absolute Gasteiger partial charge is 0.465 e. The van der Waals surface area contributed by atoms with Crippen molar-refractivity contribution in [3.05, 3.63) is 69.1 Å². The fourth-order valence-electron chi connectivity index (χ4n) is 2.48. The van der Waals surface area contributed by atoms with E-state index in [9.17, 15) is 9.59 Å². The second-order valence-electron chi connectivity index (χ2n) is 5.20. The van der Waals surface area contributed by atoms with Crippen LogP contribution in [0.2, 0.25) is 0 Å². The average Bonchev–Trinajstić information content (AvgIpc) is 3.26. The van der Waals surface area contributed by atoms with Crippen LogP contribution in [0.1, 0.15) is 4.88 Å². The molecule has 122 valence electrons. The Morgan fingerprint density at radius 1 is 1.42 bits per heavy atom. The molecule has 3 aliphatic heterocycles. The number of hydrazine groups is 1. The van der Waals surface area contributed by atoms with Crippen LogP contribution in [0.4, 0.5) is 4.79 Å². The lowest BCUT2D eigenvalue weighted by atomic mass is 10.2. The molecule has 1 aromatic rings. The monoisotopic (exact) mass is 359 g/mol. The van der Waals surface area contributed by atoms with Gasteiger partial charge in [-0.3, -0.25) is 19.9 Å². The van der Waals surface area contributed by atoms with E-state index in [1.165, 1.54) is 4.88 Å². The summed E-state index contributed by atoms with van der Waals surface area (Å²) >= 11 is 2.57. The van der Waals surface area contributed by atoms with Gasteiger partial charge in [-0.25, -0.2) is 5.43 Å². The molecule has 2 N–H and O–H groups in total. The number of carbonyl (C=O) groups excluding carboxylic acids is 2. The third kappa shape index (κ3) is 3.03. The van der Waals surface area contributed by atoms with Crippen LogP contribution in [-0.4, -0.2) is 22.4 Å². The minimum Gasteiger partial charge on any atom is -0.465 e. The lowest BCUT2D eigenvalue weighted by molar-refractivity contribution is -0.115. The molecule has 0 aromatic carbocycles. The van der Waals surface area contributed by atoms with Crippen molar-refractivity contribution >= 4 is 34.2 Å². The number of thiophene rings is 1. The maximum absolute atomic E-state index is 11.6. The molecule has 24 heavy (non-hydrogen) atoms. The molecular weight excluding hydrogens is 346 g/mol. The summed E-state index contributed by atoms with van der Waals surface area (Å²) < 4.78 is 5.92. The first kappa shape index (κ1) is 15.3. The summed E-state index contributed by atoms with van der Waals surface area (Å²) in [6.07, 6.45) is 8.99. The number of amides is 2. The number of imide groups is 1. The Morgan fingerprint density at radius 2 is 2.33 bits per heavy atom. The van der Waals surface area contributed by atoms with Crippen molar-refractivity contribution in [2.24, 2.45) is 0 Å². The van der Waals surface area contributed by atoms with Gasteiger partial charge in [0, 0.05) is 23.2 Å². The lowest BCUT2D eigenvalue weighted by Crippen LogP contribution is -2.43. The highest BCUT2D eigenvalue weighted by atomic mass is 32.2. The first-order valence-corrected chi connectivity index (χ1v) is 8.94. The number of nitrogens with one attached hydrogen (secondary N) is 2. The number of carbonyl (C=O) groups is 2. The van der Waals surface area contributed by atoms with Gasteiger partial charge in [0.2, 0.25) is 6.23 Å². The number of rotatable bonds is 4. The van der Waals surface area contributed by atoms with Crippen LogP contribution < -0.4 is 10.7 Å². The maximum Gasteiger partial charge on any atom is 0.290 e. The van der Waals surface area contributed by atoms with Crippen molar-refractivity contribution in [3.8, 4) is 0 Å². The van der Waals surface area contributed by atoms with Crippen LogP contribution in [-0.2, 0) is 16.1 Å². The summed E-state index contributed by atoms with van der Waals surface area (Å²) in [4.78, 5) is 24.4. The van der Waals surface area contributed by atoms with E-state index in [0.717, 1.165) is 17.3 Å². The normalized spacial score (nSPS) is 23.9. The summed E-state index contributed by atoms with van der Waals surface area (Å²) in [5.41, 5.74) is 4.31. The Morgan fingerprint density at radius 3 is 3.08 bits per heavy atom. The van der Waals surface area contributed by atoms with Gasteiger partial charge < -0.3 is 4.74 Å². The van der Waals surface area contributed by atoms with Crippen LogP contribution >= 0.6 is 23.1 Å². The molecule has 6 nitrogen and oxygen atoms in total. The summed E-state index contributed by atoms with van der Waals surface area (Å²) in [5, 5.41) is 5.81. The van der Waals surface area contributed by atoms with Gasteiger partial charge in [-0.05, 0) is 41.4 Å². The standard InChI is InChI=1S/C16H13N3O3S2/c20-14-13(24-16(21)18-14)8-11-7-10-3-1-5-19(15(10)22-11)17-9-12-4-2-6-23-12/h1-8,15,17H,9H2,(H,18,20,21)/b13-8-. The molecule has 0 saturated carbocycles. The Bertz CT molecular complexity index is 809. The van der Waals surface area contributed by atoms with E-state index in [1.807, 2.05) is 40.9 Å². The average molecular weight is 359 g/mol. The van der Waals surface area contributed by atoms with Crippen LogP contribution in [0.5, 0.6) is 0 Å².